The van der Waals surface area contributed by atoms with E-state index in [1.807, 2.05) is 25.1 Å². The maximum atomic E-state index is 4.45. The molecule has 5 heteroatoms. The zero-order valence-corrected chi connectivity index (χ0v) is 12.9. The van der Waals surface area contributed by atoms with Crippen LogP contribution in [0.3, 0.4) is 0 Å². The lowest BCUT2D eigenvalue weighted by molar-refractivity contribution is 0.974. The summed E-state index contributed by atoms with van der Waals surface area (Å²) in [5.41, 5.74) is 3.66. The normalized spacial score (nSPS) is 11.7. The zero-order chi connectivity index (χ0) is 14.4. The first-order valence-corrected chi connectivity index (χ1v) is 7.73. The van der Waals surface area contributed by atoms with E-state index in [4.69, 9.17) is 0 Å². The number of hydrogen-bond acceptors (Lipinski definition) is 4. The lowest BCUT2D eigenvalue weighted by Crippen LogP contribution is -1.96. The van der Waals surface area contributed by atoms with Gasteiger partial charge >= 0.3 is 0 Å². The molecule has 0 radical (unpaired) electrons. The molecule has 0 amide bonds. The number of nitrogens with one attached hydrogen (secondary N) is 2. The number of allylic oxidation sites excluding steroid dienone is 1. The maximum absolute atomic E-state index is 4.45. The van der Waals surface area contributed by atoms with Crippen LogP contribution < -0.4 is 5.32 Å². The molecule has 0 aliphatic heterocycles. The molecule has 2 aromatic rings. The van der Waals surface area contributed by atoms with Crippen molar-refractivity contribution >= 4 is 23.4 Å². The molecule has 1 aromatic heterocycles. The monoisotopic (exact) mass is 288 g/mol. The van der Waals surface area contributed by atoms with Crippen molar-refractivity contribution in [3.8, 4) is 0 Å². The fourth-order valence-corrected chi connectivity index (χ4v) is 2.50. The van der Waals surface area contributed by atoms with E-state index in [0.29, 0.717) is 5.95 Å². The van der Waals surface area contributed by atoms with Gasteiger partial charge in [-0.15, -0.1) is 5.10 Å². The van der Waals surface area contributed by atoms with Crippen molar-refractivity contribution in [3.05, 3.63) is 41.5 Å². The smallest absolute Gasteiger partial charge is 0.247 e. The molecule has 1 heterocycles. The summed E-state index contributed by atoms with van der Waals surface area (Å²) < 4.78 is 0. The van der Waals surface area contributed by atoms with E-state index in [1.54, 1.807) is 11.8 Å². The van der Waals surface area contributed by atoms with Gasteiger partial charge < -0.3 is 5.32 Å². The number of anilines is 2. The number of nitrogens with zero attached hydrogens (tertiary/aromatic N) is 2. The summed E-state index contributed by atoms with van der Waals surface area (Å²) in [5.74, 6) is 1.54. The van der Waals surface area contributed by atoms with Gasteiger partial charge in [0.25, 0.3) is 0 Å². The summed E-state index contributed by atoms with van der Waals surface area (Å²) in [5, 5.41) is 11.3. The highest BCUT2D eigenvalue weighted by atomic mass is 32.2. The fraction of sp³-hybridized carbons (Fsp3) is 0.333. The van der Waals surface area contributed by atoms with Crippen LogP contribution in [0.1, 0.15) is 26.3 Å². The number of thioether (sulfide) groups is 1. The van der Waals surface area contributed by atoms with Crippen LogP contribution in [0, 0.1) is 0 Å². The van der Waals surface area contributed by atoms with Gasteiger partial charge in [-0.25, -0.2) is 0 Å². The Bertz CT molecular complexity index is 589. The molecule has 0 saturated heterocycles. The molecular weight excluding hydrogens is 268 g/mol. The Balaban J connectivity index is 2.02. The van der Waals surface area contributed by atoms with Crippen molar-refractivity contribution in [3.63, 3.8) is 0 Å². The molecule has 106 valence electrons. The van der Waals surface area contributed by atoms with E-state index >= 15 is 0 Å². The quantitative estimate of drug-likeness (QED) is 0.619. The van der Waals surface area contributed by atoms with E-state index < -0.39 is 0 Å². The first kappa shape index (κ1) is 14.7. The number of aromatic nitrogens is 3. The Morgan fingerprint density at radius 1 is 1.40 bits per heavy atom. The summed E-state index contributed by atoms with van der Waals surface area (Å²) in [6.07, 6.45) is 3.09. The third-order valence-corrected chi connectivity index (χ3v) is 4.09. The Morgan fingerprint density at radius 3 is 2.95 bits per heavy atom. The SMILES string of the molecule is C/C=C(\C)CSc1nc(Nc2ccccc2CC)n[nH]1. The van der Waals surface area contributed by atoms with E-state index in [1.165, 1.54) is 11.1 Å². The second-order valence-corrected chi connectivity index (χ2v) is 5.49. The molecule has 2 rings (SSSR count). The summed E-state index contributed by atoms with van der Waals surface area (Å²) >= 11 is 1.66. The Kier molecular flexibility index (Phi) is 5.24. The predicted molar refractivity (Wildman–Crippen MR) is 85.6 cm³/mol. The van der Waals surface area contributed by atoms with E-state index in [9.17, 15) is 0 Å². The number of hydrogen-bond donors (Lipinski definition) is 2. The first-order chi connectivity index (χ1) is 9.72. The predicted octanol–water partition coefficient (Wildman–Crippen LogP) is 4.17. The lowest BCUT2D eigenvalue weighted by Gasteiger charge is -2.06. The maximum Gasteiger partial charge on any atom is 0.247 e. The number of benzene rings is 1. The van der Waals surface area contributed by atoms with Crippen LogP contribution in [0.2, 0.25) is 0 Å². The molecule has 0 saturated carbocycles. The van der Waals surface area contributed by atoms with Crippen LogP contribution in [0.4, 0.5) is 11.6 Å². The minimum Gasteiger partial charge on any atom is -0.323 e. The van der Waals surface area contributed by atoms with E-state index in [0.717, 1.165) is 23.0 Å². The average Bonchev–Trinajstić information content (AvgIpc) is 2.93. The van der Waals surface area contributed by atoms with Crippen LogP contribution in [0.15, 0.2) is 41.1 Å². The topological polar surface area (TPSA) is 53.6 Å². The second-order valence-electron chi connectivity index (χ2n) is 4.52. The van der Waals surface area contributed by atoms with Crippen molar-refractivity contribution < 1.29 is 0 Å². The first-order valence-electron chi connectivity index (χ1n) is 6.74. The van der Waals surface area contributed by atoms with Gasteiger partial charge in [0, 0.05) is 11.4 Å². The highest BCUT2D eigenvalue weighted by Crippen LogP contribution is 2.21. The molecule has 2 N–H and O–H groups in total. The largest absolute Gasteiger partial charge is 0.323 e. The Labute approximate surface area is 124 Å². The fourth-order valence-electron chi connectivity index (χ4n) is 1.70. The molecule has 0 atom stereocenters. The molecule has 0 aliphatic carbocycles. The van der Waals surface area contributed by atoms with Crippen LogP contribution in [0.5, 0.6) is 0 Å². The summed E-state index contributed by atoms with van der Waals surface area (Å²) in [4.78, 5) is 4.45. The van der Waals surface area contributed by atoms with Gasteiger partial charge in [0.05, 0.1) is 0 Å². The van der Waals surface area contributed by atoms with Crippen LogP contribution >= 0.6 is 11.8 Å². The highest BCUT2D eigenvalue weighted by molar-refractivity contribution is 7.99. The highest BCUT2D eigenvalue weighted by Gasteiger charge is 2.06. The van der Waals surface area contributed by atoms with Gasteiger partial charge in [-0.1, -0.05) is 48.5 Å². The standard InChI is InChI=1S/C15H20N4S/c1-4-11(3)10-20-15-17-14(18-19-15)16-13-9-7-6-8-12(13)5-2/h4,6-9H,5,10H2,1-3H3,(H2,16,17,18,19)/b11-4+. The van der Waals surface area contributed by atoms with E-state index in [2.05, 4.69) is 46.5 Å². The van der Waals surface area contributed by atoms with Gasteiger partial charge in [0.1, 0.15) is 0 Å². The van der Waals surface area contributed by atoms with Crippen molar-refractivity contribution in [2.24, 2.45) is 0 Å². The molecular formula is C15H20N4S. The lowest BCUT2D eigenvalue weighted by atomic mass is 10.1. The summed E-state index contributed by atoms with van der Waals surface area (Å²) in [6.45, 7) is 6.30. The summed E-state index contributed by atoms with van der Waals surface area (Å²) in [7, 11) is 0. The number of H-pyrrole nitrogens is 1. The zero-order valence-electron chi connectivity index (χ0n) is 12.1. The van der Waals surface area contributed by atoms with Crippen molar-refractivity contribution in [2.45, 2.75) is 32.3 Å². The van der Waals surface area contributed by atoms with Crippen LogP contribution in [-0.2, 0) is 6.42 Å². The second kappa shape index (κ2) is 7.14. The minimum absolute atomic E-state index is 0.617. The molecule has 1 aromatic carbocycles. The van der Waals surface area contributed by atoms with Crippen LogP contribution in [0.25, 0.3) is 0 Å². The number of para-hydroxylation sites is 1. The molecule has 0 bridgehead atoms. The van der Waals surface area contributed by atoms with Gasteiger partial charge in [-0.05, 0) is 31.9 Å². The molecule has 4 nitrogen and oxygen atoms in total. The molecule has 0 aliphatic rings. The molecule has 0 fully saturated rings. The van der Waals surface area contributed by atoms with Gasteiger partial charge in [-0.2, -0.15) is 4.98 Å². The minimum atomic E-state index is 0.617. The van der Waals surface area contributed by atoms with Gasteiger partial charge in [0.15, 0.2) is 5.16 Å². The van der Waals surface area contributed by atoms with Gasteiger partial charge in [-0.3, -0.25) is 5.10 Å². The van der Waals surface area contributed by atoms with Crippen molar-refractivity contribution in [1.82, 2.24) is 15.2 Å². The average molecular weight is 288 g/mol. The molecule has 20 heavy (non-hydrogen) atoms. The Morgan fingerprint density at radius 2 is 2.20 bits per heavy atom. The molecule has 0 spiro atoms. The number of aryl methyl sites for hydroxylation is 1. The van der Waals surface area contributed by atoms with E-state index in [-0.39, 0.29) is 0 Å². The van der Waals surface area contributed by atoms with Crippen molar-refractivity contribution in [2.75, 3.05) is 11.1 Å². The van der Waals surface area contributed by atoms with Crippen molar-refractivity contribution in [1.29, 1.82) is 0 Å². The Hall–Kier alpha value is -1.75. The molecule has 0 unspecified atom stereocenters. The third-order valence-electron chi connectivity index (χ3n) is 3.04. The third kappa shape index (κ3) is 3.87. The number of rotatable bonds is 6. The van der Waals surface area contributed by atoms with Crippen LogP contribution in [-0.4, -0.2) is 20.9 Å². The van der Waals surface area contributed by atoms with Gasteiger partial charge in [0.2, 0.25) is 5.95 Å². The summed E-state index contributed by atoms with van der Waals surface area (Å²) in [6, 6.07) is 8.22. The number of aromatic amines is 1.